The van der Waals surface area contributed by atoms with Crippen LogP contribution in [0.25, 0.3) is 0 Å². The molecule has 1 saturated heterocycles. The van der Waals surface area contributed by atoms with Gasteiger partial charge in [0.2, 0.25) is 5.91 Å². The molecule has 0 spiro atoms. The summed E-state index contributed by atoms with van der Waals surface area (Å²) in [5, 5.41) is 7.12. The zero-order valence-electron chi connectivity index (χ0n) is 14.3. The lowest BCUT2D eigenvalue weighted by Crippen LogP contribution is -2.44. The quantitative estimate of drug-likeness (QED) is 0.854. The van der Waals surface area contributed by atoms with Gasteiger partial charge in [-0.2, -0.15) is 13.2 Å². The molecule has 1 aromatic rings. The van der Waals surface area contributed by atoms with E-state index in [1.807, 2.05) is 6.07 Å². The molecule has 2 aliphatic rings. The van der Waals surface area contributed by atoms with Crippen molar-refractivity contribution in [2.24, 2.45) is 11.7 Å². The summed E-state index contributed by atoms with van der Waals surface area (Å²) in [6.45, 7) is 0.895. The molecule has 8 heteroatoms. The van der Waals surface area contributed by atoms with Gasteiger partial charge in [0, 0.05) is 6.54 Å². The Morgan fingerprint density at radius 2 is 1.73 bits per heavy atom. The number of hydrogen-bond acceptors (Lipinski definition) is 3. The zero-order valence-corrected chi connectivity index (χ0v) is 14.3. The van der Waals surface area contributed by atoms with Gasteiger partial charge in [-0.1, -0.05) is 30.3 Å². The first-order chi connectivity index (χ1) is 12.2. The maximum Gasteiger partial charge on any atom is 0.490 e. The number of hydrogen-bond donors (Lipinski definition) is 2. The minimum absolute atomic E-state index is 0.151. The van der Waals surface area contributed by atoms with Crippen LogP contribution in [0.5, 0.6) is 0 Å². The van der Waals surface area contributed by atoms with Crippen LogP contribution in [0.4, 0.5) is 13.2 Å². The van der Waals surface area contributed by atoms with E-state index in [9.17, 15) is 18.0 Å². The first kappa shape index (κ1) is 20.2. The van der Waals surface area contributed by atoms with Crippen molar-refractivity contribution in [3.8, 4) is 0 Å². The second kappa shape index (κ2) is 8.53. The zero-order chi connectivity index (χ0) is 19.3. The molecule has 5 nitrogen and oxygen atoms in total. The third-order valence-corrected chi connectivity index (χ3v) is 4.55. The first-order valence-corrected chi connectivity index (χ1v) is 8.61. The average Bonchev–Trinajstić information content (AvgIpc) is 3.41. The second-order valence-corrected chi connectivity index (χ2v) is 6.70. The van der Waals surface area contributed by atoms with Crippen LogP contribution < -0.4 is 5.73 Å². The minimum Gasteiger partial charge on any atom is -0.475 e. The molecule has 3 rings (SSSR count). The maximum atomic E-state index is 12.5. The van der Waals surface area contributed by atoms with Crippen LogP contribution in [0.2, 0.25) is 0 Å². The summed E-state index contributed by atoms with van der Waals surface area (Å²) >= 11 is 0. The molecule has 0 unspecified atom stereocenters. The molecule has 1 aliphatic carbocycles. The van der Waals surface area contributed by atoms with Gasteiger partial charge in [0.05, 0.1) is 12.1 Å². The van der Waals surface area contributed by atoms with Crippen molar-refractivity contribution < 1.29 is 27.9 Å². The van der Waals surface area contributed by atoms with E-state index in [4.69, 9.17) is 15.6 Å². The van der Waals surface area contributed by atoms with E-state index in [0.29, 0.717) is 5.92 Å². The van der Waals surface area contributed by atoms with Crippen LogP contribution in [0.3, 0.4) is 0 Å². The van der Waals surface area contributed by atoms with Gasteiger partial charge in [-0.3, -0.25) is 4.79 Å². The molecule has 1 heterocycles. The number of alkyl halides is 3. The smallest absolute Gasteiger partial charge is 0.475 e. The molecule has 3 N–H and O–H groups in total. The van der Waals surface area contributed by atoms with Gasteiger partial charge in [-0.05, 0) is 43.6 Å². The van der Waals surface area contributed by atoms with Crippen LogP contribution in [-0.2, 0) is 9.59 Å². The van der Waals surface area contributed by atoms with Crippen molar-refractivity contribution in [3.05, 3.63) is 35.9 Å². The van der Waals surface area contributed by atoms with Crippen LogP contribution in [-0.4, -0.2) is 40.6 Å². The number of benzene rings is 1. The first-order valence-electron chi connectivity index (χ1n) is 8.61. The molecule has 0 radical (unpaired) electrons. The molecule has 1 aromatic carbocycles. The van der Waals surface area contributed by atoms with Gasteiger partial charge in [-0.25, -0.2) is 4.79 Å². The summed E-state index contributed by atoms with van der Waals surface area (Å²) in [6, 6.07) is 10.3. The van der Waals surface area contributed by atoms with Crippen LogP contribution in [0, 0.1) is 5.92 Å². The van der Waals surface area contributed by atoms with E-state index in [2.05, 4.69) is 29.2 Å². The molecular formula is C18H23F3N2O3. The number of nitrogens with zero attached hydrogens (tertiary/aromatic N) is 1. The number of carbonyl (C=O) groups is 2. The molecule has 2 atom stereocenters. The second-order valence-electron chi connectivity index (χ2n) is 6.70. The average molecular weight is 372 g/mol. The number of nitrogens with two attached hydrogens (primary N) is 1. The number of amides is 1. The van der Waals surface area contributed by atoms with Crippen LogP contribution in [0.15, 0.2) is 30.3 Å². The molecule has 0 aromatic heterocycles. The lowest BCUT2D eigenvalue weighted by Gasteiger charge is -2.31. The summed E-state index contributed by atoms with van der Waals surface area (Å²) in [7, 11) is 0. The Labute approximate surface area is 150 Å². The third-order valence-electron chi connectivity index (χ3n) is 4.55. The highest BCUT2D eigenvalue weighted by molar-refractivity contribution is 5.82. The Kier molecular flexibility index (Phi) is 6.63. The number of carboxylic acid groups (broad SMARTS) is 1. The number of carboxylic acids is 1. The third kappa shape index (κ3) is 5.72. The number of likely N-dealkylation sites (tertiary alicyclic amines) is 1. The summed E-state index contributed by atoms with van der Waals surface area (Å²) in [5.74, 6) is -1.90. The fourth-order valence-electron chi connectivity index (χ4n) is 2.99. The SMILES string of the molecule is N[C@@H]1CCC[C@H](c2ccccc2)N(CC2CC2)C1=O.O=C(O)C(F)(F)F. The summed E-state index contributed by atoms with van der Waals surface area (Å²) in [5.41, 5.74) is 7.27. The van der Waals surface area contributed by atoms with Crippen molar-refractivity contribution in [2.45, 2.75) is 50.4 Å². The fourth-order valence-corrected chi connectivity index (χ4v) is 2.99. The van der Waals surface area contributed by atoms with Crippen molar-refractivity contribution in [3.63, 3.8) is 0 Å². The minimum atomic E-state index is -5.08. The highest BCUT2D eigenvalue weighted by Gasteiger charge is 2.38. The number of rotatable bonds is 3. The molecule has 1 amide bonds. The molecule has 1 saturated carbocycles. The predicted octanol–water partition coefficient (Wildman–Crippen LogP) is 3.11. The van der Waals surface area contributed by atoms with E-state index in [1.54, 1.807) is 0 Å². The number of aliphatic carboxylic acids is 1. The maximum absolute atomic E-state index is 12.5. The van der Waals surface area contributed by atoms with Crippen LogP contribution >= 0.6 is 0 Å². The largest absolute Gasteiger partial charge is 0.490 e. The van der Waals surface area contributed by atoms with Crippen LogP contribution in [0.1, 0.15) is 43.7 Å². The normalized spacial score (nSPS) is 23.7. The standard InChI is InChI=1S/C16H22N2O.C2HF3O2/c17-14-7-4-8-15(13-5-2-1-3-6-13)18(16(14)19)11-12-9-10-12;3-2(4,5)1(6)7/h1-3,5-6,12,14-15H,4,7-11,17H2;(H,6,7)/t14-,15-;/m1./s1. The van der Waals surface area contributed by atoms with E-state index in [1.165, 1.54) is 18.4 Å². The Morgan fingerprint density at radius 3 is 2.23 bits per heavy atom. The van der Waals surface area contributed by atoms with Gasteiger partial charge in [-0.15, -0.1) is 0 Å². The highest BCUT2D eigenvalue weighted by Crippen LogP contribution is 2.36. The van der Waals surface area contributed by atoms with E-state index >= 15 is 0 Å². The Hall–Kier alpha value is -2.09. The van der Waals surface area contributed by atoms with Gasteiger partial charge < -0.3 is 15.7 Å². The molecular weight excluding hydrogens is 349 g/mol. The van der Waals surface area contributed by atoms with Gasteiger partial charge in [0.25, 0.3) is 0 Å². The Balaban J connectivity index is 0.000000298. The molecule has 144 valence electrons. The molecule has 2 fully saturated rings. The van der Waals surface area contributed by atoms with Crippen molar-refractivity contribution in [1.29, 1.82) is 0 Å². The summed E-state index contributed by atoms with van der Waals surface area (Å²) < 4.78 is 31.7. The number of carbonyl (C=O) groups excluding carboxylic acids is 1. The fraction of sp³-hybridized carbons (Fsp3) is 0.556. The van der Waals surface area contributed by atoms with Gasteiger partial charge >= 0.3 is 12.1 Å². The topological polar surface area (TPSA) is 83.6 Å². The van der Waals surface area contributed by atoms with Crippen molar-refractivity contribution in [1.82, 2.24) is 4.90 Å². The Bertz CT molecular complexity index is 618. The summed E-state index contributed by atoms with van der Waals surface area (Å²) in [4.78, 5) is 23.4. The Morgan fingerprint density at radius 1 is 1.15 bits per heavy atom. The summed E-state index contributed by atoms with van der Waals surface area (Å²) in [6.07, 6.45) is 0.341. The monoisotopic (exact) mass is 372 g/mol. The number of halogens is 3. The molecule has 1 aliphatic heterocycles. The van der Waals surface area contributed by atoms with Crippen molar-refractivity contribution in [2.75, 3.05) is 6.54 Å². The van der Waals surface area contributed by atoms with E-state index < -0.39 is 12.1 Å². The van der Waals surface area contributed by atoms with Gasteiger partial charge in [0.1, 0.15) is 0 Å². The molecule has 26 heavy (non-hydrogen) atoms. The van der Waals surface area contributed by atoms with E-state index in [0.717, 1.165) is 25.8 Å². The molecule has 0 bridgehead atoms. The highest BCUT2D eigenvalue weighted by atomic mass is 19.4. The predicted molar refractivity (Wildman–Crippen MR) is 89.1 cm³/mol. The lowest BCUT2D eigenvalue weighted by molar-refractivity contribution is -0.192. The van der Waals surface area contributed by atoms with Gasteiger partial charge in [0.15, 0.2) is 0 Å². The van der Waals surface area contributed by atoms with E-state index in [-0.39, 0.29) is 18.0 Å². The van der Waals surface area contributed by atoms with Crippen molar-refractivity contribution >= 4 is 11.9 Å². The lowest BCUT2D eigenvalue weighted by atomic mass is 10.0.